The summed E-state index contributed by atoms with van der Waals surface area (Å²) in [6, 6.07) is 14.5. The maximum Gasteiger partial charge on any atom is 0.408 e. The van der Waals surface area contributed by atoms with E-state index in [0.717, 1.165) is 111 Å². The number of aromatic amines is 1. The summed E-state index contributed by atoms with van der Waals surface area (Å²) in [5.74, 6) is -0.632. The molecule has 6 heterocycles. The summed E-state index contributed by atoms with van der Waals surface area (Å²) in [5, 5.41) is 8.72. The minimum Gasteiger partial charge on any atom is -0.444 e. The number of piperidine rings is 2. The average Bonchev–Trinajstić information content (AvgIpc) is 3.41. The maximum absolute atomic E-state index is 14.3. The number of carbonyl (C=O) groups excluding carboxylic acids is 5. The number of H-pyrrole nitrogens is 1. The standard InChI is InChI=1S/C56H76N10O8/c1-5-39-32-47-48(61-51(39)68)30-38(33-58-47)36-63-25-27-64(28-26-63)44-17-18-46(59-34-44)53(70)57-21-11-29-73-45-19-23-65(24-20-45)54(71)50(40-12-7-6-8-13-40)62-52(69)42-15-9-14-41(31-42)43-16-10-22-66(37-43)49(67)35-60-55(72)74-56(2,3)4/h9,14-15,17-18,30-34,40,43,45,50H,5-8,10-13,16,19-29,35-37H2,1-4H3,(H,57,70)(H,60,72)(H,61,68)(H,62,69)/t43?,50-/m1/s1. The molecule has 1 unspecified atom stereocenters. The zero-order valence-electron chi connectivity index (χ0n) is 43.8. The molecule has 4 fully saturated rings. The van der Waals surface area contributed by atoms with Crippen LogP contribution >= 0.6 is 0 Å². The average molecular weight is 1020 g/mol. The van der Waals surface area contributed by atoms with Gasteiger partial charge in [0.2, 0.25) is 11.8 Å². The molecule has 74 heavy (non-hydrogen) atoms. The Balaban J connectivity index is 0.738. The highest BCUT2D eigenvalue weighted by Gasteiger charge is 2.36. The van der Waals surface area contributed by atoms with Crippen molar-refractivity contribution in [1.29, 1.82) is 0 Å². The number of ether oxygens (including phenoxy) is 2. The number of carbonyl (C=O) groups is 5. The molecule has 3 aliphatic heterocycles. The Labute approximate surface area is 434 Å². The lowest BCUT2D eigenvalue weighted by Gasteiger charge is -2.37. The van der Waals surface area contributed by atoms with Crippen LogP contribution in [0.5, 0.6) is 0 Å². The molecule has 0 bridgehead atoms. The van der Waals surface area contributed by atoms with Gasteiger partial charge in [-0.25, -0.2) is 9.78 Å². The summed E-state index contributed by atoms with van der Waals surface area (Å²) in [6.07, 6.45) is 12.3. The second-order valence-electron chi connectivity index (χ2n) is 21.4. The Kier molecular flexibility index (Phi) is 18.4. The number of fused-ring (bicyclic) bond motifs is 1. The first kappa shape index (κ1) is 53.9. The first-order valence-corrected chi connectivity index (χ1v) is 27.0. The van der Waals surface area contributed by atoms with Crippen molar-refractivity contribution in [2.45, 2.75) is 129 Å². The van der Waals surface area contributed by atoms with E-state index >= 15 is 0 Å². The van der Waals surface area contributed by atoms with Gasteiger partial charge in [0.1, 0.15) is 23.9 Å². The molecular formula is C56H76N10O8. The topological polar surface area (TPSA) is 211 Å². The number of benzene rings is 1. The largest absolute Gasteiger partial charge is 0.444 e. The first-order valence-electron chi connectivity index (χ1n) is 27.0. The summed E-state index contributed by atoms with van der Waals surface area (Å²) in [5.41, 5.74) is 5.43. The van der Waals surface area contributed by atoms with Gasteiger partial charge in [0.05, 0.1) is 29.0 Å². The third-order valence-corrected chi connectivity index (χ3v) is 14.9. The van der Waals surface area contributed by atoms with Gasteiger partial charge in [0, 0.05) is 95.3 Å². The maximum atomic E-state index is 14.3. The Morgan fingerprint density at radius 3 is 2.32 bits per heavy atom. The fourth-order valence-electron chi connectivity index (χ4n) is 10.8. The van der Waals surface area contributed by atoms with E-state index < -0.39 is 17.7 Å². The van der Waals surface area contributed by atoms with Crippen molar-refractivity contribution in [3.63, 3.8) is 0 Å². The SMILES string of the molecule is CCc1cc2ncc(CN3CCN(c4ccc(C(=O)NCCCOC5CCN(C(=O)[C@H](NC(=O)c6cccc(C7CCCN(C(=O)CNC(=O)OC(C)(C)C)C7)c6)C6CCCCC6)CC5)nc4)CC3)cc2[nH]c1=O. The van der Waals surface area contributed by atoms with Crippen LogP contribution in [0, 0.1) is 5.92 Å². The number of rotatable bonds is 17. The monoisotopic (exact) mass is 1020 g/mol. The highest BCUT2D eigenvalue weighted by Crippen LogP contribution is 2.31. The van der Waals surface area contributed by atoms with Crippen LogP contribution in [0.3, 0.4) is 0 Å². The molecule has 4 N–H and O–H groups in total. The van der Waals surface area contributed by atoms with E-state index in [2.05, 4.69) is 40.7 Å². The predicted molar refractivity (Wildman–Crippen MR) is 283 cm³/mol. The summed E-state index contributed by atoms with van der Waals surface area (Å²) >= 11 is 0. The molecule has 1 saturated carbocycles. The first-order chi connectivity index (χ1) is 35.7. The molecule has 3 aromatic heterocycles. The second-order valence-corrected chi connectivity index (χ2v) is 21.4. The number of pyridine rings is 3. The van der Waals surface area contributed by atoms with Crippen molar-refractivity contribution >= 4 is 46.4 Å². The Bertz CT molecular complexity index is 2630. The summed E-state index contributed by atoms with van der Waals surface area (Å²) in [4.78, 5) is 99.2. The van der Waals surface area contributed by atoms with Gasteiger partial charge >= 0.3 is 6.09 Å². The number of nitrogens with one attached hydrogen (secondary N) is 4. The van der Waals surface area contributed by atoms with E-state index in [4.69, 9.17) is 9.47 Å². The van der Waals surface area contributed by atoms with Gasteiger partial charge in [-0.1, -0.05) is 38.3 Å². The molecule has 18 nitrogen and oxygen atoms in total. The highest BCUT2D eigenvalue weighted by molar-refractivity contribution is 5.98. The second kappa shape index (κ2) is 25.2. The molecule has 1 aromatic carbocycles. The molecule has 4 aliphatic rings. The summed E-state index contributed by atoms with van der Waals surface area (Å²) < 4.78 is 11.5. The number of aryl methyl sites for hydroxylation is 1. The van der Waals surface area contributed by atoms with Crippen molar-refractivity contribution < 1.29 is 33.4 Å². The summed E-state index contributed by atoms with van der Waals surface area (Å²) in [6.45, 7) is 14.3. The lowest BCUT2D eigenvalue weighted by Crippen LogP contribution is -2.54. The number of alkyl carbamates (subject to hydrolysis) is 1. The predicted octanol–water partition coefficient (Wildman–Crippen LogP) is 5.94. The van der Waals surface area contributed by atoms with Gasteiger partial charge in [-0.05, 0) is 126 Å². The zero-order chi connectivity index (χ0) is 52.2. The van der Waals surface area contributed by atoms with Crippen LogP contribution in [-0.4, -0.2) is 149 Å². The van der Waals surface area contributed by atoms with Crippen LogP contribution < -0.4 is 26.4 Å². The molecule has 1 aliphatic carbocycles. The Morgan fingerprint density at radius 1 is 0.811 bits per heavy atom. The smallest absolute Gasteiger partial charge is 0.408 e. The summed E-state index contributed by atoms with van der Waals surface area (Å²) in [7, 11) is 0. The number of hydrogen-bond donors (Lipinski definition) is 4. The molecule has 18 heteroatoms. The highest BCUT2D eigenvalue weighted by atomic mass is 16.6. The van der Waals surface area contributed by atoms with E-state index in [-0.39, 0.29) is 53.7 Å². The van der Waals surface area contributed by atoms with Crippen LogP contribution in [0.1, 0.15) is 135 Å². The minimum atomic E-state index is -0.661. The van der Waals surface area contributed by atoms with Crippen LogP contribution in [0.25, 0.3) is 11.0 Å². The molecule has 3 saturated heterocycles. The molecular weight excluding hydrogens is 941 g/mol. The van der Waals surface area contributed by atoms with Gasteiger partial charge in [-0.15, -0.1) is 0 Å². The van der Waals surface area contributed by atoms with Crippen molar-refractivity contribution in [2.24, 2.45) is 5.92 Å². The van der Waals surface area contributed by atoms with Crippen LogP contribution in [-0.2, 0) is 32.0 Å². The molecule has 2 atom stereocenters. The van der Waals surface area contributed by atoms with Gasteiger partial charge in [0.15, 0.2) is 0 Å². The fraction of sp³-hybridized carbons (Fsp3) is 0.571. The number of amides is 5. The van der Waals surface area contributed by atoms with E-state index in [9.17, 15) is 28.8 Å². The molecule has 5 amide bonds. The number of hydrogen-bond acceptors (Lipinski definition) is 12. The van der Waals surface area contributed by atoms with Crippen molar-refractivity contribution in [3.8, 4) is 0 Å². The fourth-order valence-corrected chi connectivity index (χ4v) is 10.8. The molecule has 8 rings (SSSR count). The van der Waals surface area contributed by atoms with Gasteiger partial charge in [0.25, 0.3) is 17.4 Å². The van der Waals surface area contributed by atoms with Crippen molar-refractivity contribution in [3.05, 3.63) is 99.2 Å². The van der Waals surface area contributed by atoms with Crippen molar-refractivity contribution in [2.75, 3.05) is 77.0 Å². The number of anilines is 1. The number of piperazine rings is 1. The number of aromatic nitrogens is 3. The molecule has 398 valence electrons. The van der Waals surface area contributed by atoms with E-state index in [1.807, 2.05) is 54.4 Å². The Hall–Kier alpha value is -6.40. The van der Waals surface area contributed by atoms with Crippen LogP contribution in [0.2, 0.25) is 0 Å². The normalized spacial score (nSPS) is 18.7. The Morgan fingerprint density at radius 2 is 1.59 bits per heavy atom. The van der Waals surface area contributed by atoms with Gasteiger partial charge in [-0.2, -0.15) is 0 Å². The van der Waals surface area contributed by atoms with E-state index in [1.165, 1.54) is 0 Å². The van der Waals surface area contributed by atoms with E-state index in [0.29, 0.717) is 76.3 Å². The lowest BCUT2D eigenvalue weighted by atomic mass is 9.83. The van der Waals surface area contributed by atoms with Crippen LogP contribution in [0.15, 0.2) is 65.7 Å². The third kappa shape index (κ3) is 14.7. The van der Waals surface area contributed by atoms with Gasteiger partial charge in [-0.3, -0.25) is 33.9 Å². The number of likely N-dealkylation sites (tertiary alicyclic amines) is 2. The van der Waals surface area contributed by atoms with Gasteiger partial charge < -0.3 is 45.1 Å². The van der Waals surface area contributed by atoms with Crippen LogP contribution in [0.4, 0.5) is 10.5 Å². The number of nitrogens with zero attached hydrogens (tertiary/aromatic N) is 6. The minimum absolute atomic E-state index is 0.000186. The molecule has 0 radical (unpaired) electrons. The molecule has 4 aromatic rings. The zero-order valence-corrected chi connectivity index (χ0v) is 43.8. The lowest BCUT2D eigenvalue weighted by molar-refractivity contribution is -0.137. The third-order valence-electron chi connectivity index (χ3n) is 14.9. The van der Waals surface area contributed by atoms with Crippen molar-refractivity contribution in [1.82, 2.24) is 45.6 Å². The van der Waals surface area contributed by atoms with E-state index in [1.54, 1.807) is 44.0 Å². The molecule has 0 spiro atoms. The quantitative estimate of drug-likeness (QED) is 0.0906.